The molecule has 1 aromatic rings. The van der Waals surface area contributed by atoms with Crippen LogP contribution in [0.5, 0.6) is 0 Å². The Morgan fingerprint density at radius 3 is 2.57 bits per heavy atom. The molecule has 5 heteroatoms. The number of methoxy groups -OCH3 is 2. The summed E-state index contributed by atoms with van der Waals surface area (Å²) in [5.41, 5.74) is 1.65. The summed E-state index contributed by atoms with van der Waals surface area (Å²) in [6.07, 6.45) is 1.33. The summed E-state index contributed by atoms with van der Waals surface area (Å²) in [6.45, 7) is 1.67. The number of esters is 1. The zero-order valence-electron chi connectivity index (χ0n) is 12.5. The van der Waals surface area contributed by atoms with Gasteiger partial charge >= 0.3 is 5.97 Å². The Labute approximate surface area is 124 Å². The van der Waals surface area contributed by atoms with E-state index in [0.717, 1.165) is 5.56 Å². The largest absolute Gasteiger partial charge is 0.469 e. The summed E-state index contributed by atoms with van der Waals surface area (Å²) in [7, 11) is 3.03. The van der Waals surface area contributed by atoms with E-state index in [1.165, 1.54) is 7.11 Å². The third-order valence-corrected chi connectivity index (χ3v) is 3.80. The van der Waals surface area contributed by atoms with E-state index in [4.69, 9.17) is 9.47 Å². The fraction of sp³-hybridized carbons (Fsp3) is 0.500. The minimum atomic E-state index is -0.177. The van der Waals surface area contributed by atoms with Crippen LogP contribution < -0.4 is 0 Å². The lowest BCUT2D eigenvalue weighted by Crippen LogP contribution is -2.40. The third kappa shape index (κ3) is 3.82. The summed E-state index contributed by atoms with van der Waals surface area (Å²) < 4.78 is 9.84. The first kappa shape index (κ1) is 15.5. The number of hydrogen-bond acceptors (Lipinski definition) is 4. The molecule has 0 saturated carbocycles. The lowest BCUT2D eigenvalue weighted by Gasteiger charge is -2.30. The van der Waals surface area contributed by atoms with Crippen molar-refractivity contribution in [1.29, 1.82) is 0 Å². The zero-order chi connectivity index (χ0) is 15.2. The predicted molar refractivity (Wildman–Crippen MR) is 77.8 cm³/mol. The Morgan fingerprint density at radius 1 is 1.24 bits per heavy atom. The minimum Gasteiger partial charge on any atom is -0.469 e. The highest BCUT2D eigenvalue weighted by Gasteiger charge is 2.28. The predicted octanol–water partition coefficient (Wildman–Crippen LogP) is 1.86. The lowest BCUT2D eigenvalue weighted by molar-refractivity contribution is -0.146. The van der Waals surface area contributed by atoms with E-state index < -0.39 is 0 Å². The van der Waals surface area contributed by atoms with Gasteiger partial charge in [-0.1, -0.05) is 12.1 Å². The minimum absolute atomic E-state index is 0.0104. The molecule has 0 aromatic heterocycles. The van der Waals surface area contributed by atoms with Crippen molar-refractivity contribution in [2.75, 3.05) is 27.3 Å². The number of piperidine rings is 1. The summed E-state index contributed by atoms with van der Waals surface area (Å²) in [5, 5.41) is 0. The van der Waals surface area contributed by atoms with Crippen LogP contribution in [0.1, 0.15) is 28.8 Å². The van der Waals surface area contributed by atoms with Crippen LogP contribution in [-0.2, 0) is 20.9 Å². The highest BCUT2D eigenvalue weighted by atomic mass is 16.5. The number of rotatable bonds is 4. The Morgan fingerprint density at radius 2 is 1.95 bits per heavy atom. The summed E-state index contributed by atoms with van der Waals surface area (Å²) in [4.78, 5) is 25.8. The molecule has 1 aliphatic heterocycles. The first-order valence-electron chi connectivity index (χ1n) is 7.10. The molecule has 1 aliphatic rings. The average molecular weight is 291 g/mol. The van der Waals surface area contributed by atoms with Gasteiger partial charge in [0.1, 0.15) is 0 Å². The van der Waals surface area contributed by atoms with Crippen molar-refractivity contribution in [3.05, 3.63) is 35.4 Å². The van der Waals surface area contributed by atoms with Crippen LogP contribution in [0.25, 0.3) is 0 Å². The number of hydrogen-bond donors (Lipinski definition) is 0. The van der Waals surface area contributed by atoms with E-state index >= 15 is 0 Å². The molecule has 0 spiro atoms. The number of nitrogens with zero attached hydrogens (tertiary/aromatic N) is 1. The smallest absolute Gasteiger partial charge is 0.308 e. The van der Waals surface area contributed by atoms with Gasteiger partial charge in [-0.2, -0.15) is 0 Å². The van der Waals surface area contributed by atoms with E-state index in [9.17, 15) is 9.59 Å². The first-order chi connectivity index (χ1) is 10.2. The molecule has 0 unspecified atom stereocenters. The molecular weight excluding hydrogens is 270 g/mol. The standard InChI is InChI=1S/C16H21NO4/c1-20-11-12-4-3-5-14(10-12)15(18)17-8-6-13(7-9-17)16(19)21-2/h3-5,10,13H,6-9,11H2,1-2H3. The van der Waals surface area contributed by atoms with Crippen molar-refractivity contribution in [2.45, 2.75) is 19.4 Å². The lowest BCUT2D eigenvalue weighted by atomic mass is 9.96. The van der Waals surface area contributed by atoms with Gasteiger partial charge in [-0.3, -0.25) is 9.59 Å². The van der Waals surface area contributed by atoms with Gasteiger partial charge in [-0.05, 0) is 30.5 Å². The SMILES string of the molecule is COCc1cccc(C(=O)N2CCC(C(=O)OC)CC2)c1. The number of ether oxygens (including phenoxy) is 2. The number of likely N-dealkylation sites (tertiary alicyclic amines) is 1. The average Bonchev–Trinajstić information content (AvgIpc) is 2.54. The van der Waals surface area contributed by atoms with Crippen LogP contribution in [0, 0.1) is 5.92 Å². The first-order valence-corrected chi connectivity index (χ1v) is 7.10. The Kier molecular flexibility index (Phi) is 5.33. The van der Waals surface area contributed by atoms with Gasteiger partial charge in [0.05, 0.1) is 19.6 Å². The van der Waals surface area contributed by atoms with Crippen LogP contribution in [0.2, 0.25) is 0 Å². The molecular formula is C16H21NO4. The van der Waals surface area contributed by atoms with Gasteiger partial charge < -0.3 is 14.4 Å². The molecule has 1 saturated heterocycles. The Balaban J connectivity index is 1.98. The normalized spacial score (nSPS) is 15.8. The molecule has 5 nitrogen and oxygen atoms in total. The van der Waals surface area contributed by atoms with Gasteiger partial charge in [0, 0.05) is 25.8 Å². The van der Waals surface area contributed by atoms with Gasteiger partial charge in [0.2, 0.25) is 0 Å². The molecule has 0 aliphatic carbocycles. The molecule has 1 aromatic carbocycles. The second kappa shape index (κ2) is 7.22. The topological polar surface area (TPSA) is 55.8 Å². The molecule has 0 bridgehead atoms. The summed E-state index contributed by atoms with van der Waals surface area (Å²) >= 11 is 0. The quantitative estimate of drug-likeness (QED) is 0.795. The second-order valence-corrected chi connectivity index (χ2v) is 5.22. The number of carbonyl (C=O) groups is 2. The van der Waals surface area contributed by atoms with Gasteiger partial charge in [-0.15, -0.1) is 0 Å². The van der Waals surface area contributed by atoms with Crippen LogP contribution >= 0.6 is 0 Å². The Bertz CT molecular complexity index is 507. The monoisotopic (exact) mass is 291 g/mol. The van der Waals surface area contributed by atoms with E-state index in [1.54, 1.807) is 12.0 Å². The van der Waals surface area contributed by atoms with Gasteiger partial charge in [0.15, 0.2) is 0 Å². The van der Waals surface area contributed by atoms with Gasteiger partial charge in [-0.25, -0.2) is 0 Å². The number of carbonyl (C=O) groups excluding carboxylic acids is 2. The summed E-state index contributed by atoms with van der Waals surface area (Å²) in [5.74, 6) is -0.251. The molecule has 0 N–H and O–H groups in total. The molecule has 0 radical (unpaired) electrons. The van der Waals surface area contributed by atoms with Crippen molar-refractivity contribution in [2.24, 2.45) is 5.92 Å². The molecule has 1 fully saturated rings. The fourth-order valence-electron chi connectivity index (χ4n) is 2.63. The second-order valence-electron chi connectivity index (χ2n) is 5.22. The maximum atomic E-state index is 12.5. The van der Waals surface area contributed by atoms with E-state index in [1.807, 2.05) is 24.3 Å². The molecule has 114 valence electrons. The van der Waals surface area contributed by atoms with Crippen molar-refractivity contribution in [3.8, 4) is 0 Å². The molecule has 2 rings (SSSR count). The summed E-state index contributed by atoms with van der Waals surface area (Å²) in [6, 6.07) is 7.47. The molecule has 0 atom stereocenters. The van der Waals surface area contributed by atoms with Gasteiger partial charge in [0.25, 0.3) is 5.91 Å². The van der Waals surface area contributed by atoms with Crippen molar-refractivity contribution >= 4 is 11.9 Å². The van der Waals surface area contributed by atoms with Crippen LogP contribution in [0.4, 0.5) is 0 Å². The van der Waals surface area contributed by atoms with E-state index in [-0.39, 0.29) is 17.8 Å². The van der Waals surface area contributed by atoms with E-state index in [2.05, 4.69) is 0 Å². The van der Waals surface area contributed by atoms with Crippen LogP contribution in [0.15, 0.2) is 24.3 Å². The third-order valence-electron chi connectivity index (χ3n) is 3.80. The molecule has 21 heavy (non-hydrogen) atoms. The van der Waals surface area contributed by atoms with Crippen molar-refractivity contribution in [1.82, 2.24) is 4.90 Å². The van der Waals surface area contributed by atoms with Crippen LogP contribution in [-0.4, -0.2) is 44.1 Å². The fourth-order valence-corrected chi connectivity index (χ4v) is 2.63. The van der Waals surface area contributed by atoms with Crippen molar-refractivity contribution < 1.29 is 19.1 Å². The van der Waals surface area contributed by atoms with Crippen LogP contribution in [0.3, 0.4) is 0 Å². The number of benzene rings is 1. The van der Waals surface area contributed by atoms with Crippen molar-refractivity contribution in [3.63, 3.8) is 0 Å². The molecule has 1 heterocycles. The Hall–Kier alpha value is -1.88. The molecule has 1 amide bonds. The maximum absolute atomic E-state index is 12.5. The highest BCUT2D eigenvalue weighted by molar-refractivity contribution is 5.94. The zero-order valence-corrected chi connectivity index (χ0v) is 12.5. The maximum Gasteiger partial charge on any atom is 0.308 e. The van der Waals surface area contributed by atoms with E-state index in [0.29, 0.717) is 38.1 Å². The number of amides is 1. The highest BCUT2D eigenvalue weighted by Crippen LogP contribution is 2.20.